The van der Waals surface area contributed by atoms with Crippen LogP contribution in [0.3, 0.4) is 0 Å². The summed E-state index contributed by atoms with van der Waals surface area (Å²) in [5, 5.41) is 2.94. The van der Waals surface area contributed by atoms with Gasteiger partial charge in [0, 0.05) is 25.3 Å². The van der Waals surface area contributed by atoms with Crippen LogP contribution in [0.5, 0.6) is 0 Å². The lowest BCUT2D eigenvalue weighted by molar-refractivity contribution is 0.0932. The van der Waals surface area contributed by atoms with Crippen LogP contribution in [0, 0.1) is 0 Å². The van der Waals surface area contributed by atoms with Crippen molar-refractivity contribution >= 4 is 11.7 Å². The van der Waals surface area contributed by atoms with Gasteiger partial charge in [-0.3, -0.25) is 10.2 Å². The highest BCUT2D eigenvalue weighted by Crippen LogP contribution is 2.13. The Hall–Kier alpha value is -1.70. The monoisotopic (exact) mass is 291 g/mol. The van der Waals surface area contributed by atoms with Crippen molar-refractivity contribution in [3.8, 4) is 0 Å². The third-order valence-electron chi connectivity index (χ3n) is 3.74. The summed E-state index contributed by atoms with van der Waals surface area (Å²) in [6, 6.07) is 4.07. The first-order valence-corrected chi connectivity index (χ1v) is 7.33. The molecule has 0 bridgehead atoms. The third-order valence-corrected chi connectivity index (χ3v) is 3.74. The van der Waals surface area contributed by atoms with Crippen molar-refractivity contribution in [1.29, 1.82) is 0 Å². The van der Waals surface area contributed by atoms with Crippen LogP contribution in [0.1, 0.15) is 23.7 Å². The van der Waals surface area contributed by atoms with Crippen LogP contribution in [0.2, 0.25) is 0 Å². The van der Waals surface area contributed by atoms with Crippen molar-refractivity contribution in [3.63, 3.8) is 0 Å². The van der Waals surface area contributed by atoms with Gasteiger partial charge in [0.15, 0.2) is 0 Å². The Balaban J connectivity index is 1.59. The number of ether oxygens (including phenoxy) is 1. The lowest BCUT2D eigenvalue weighted by Crippen LogP contribution is -2.44. The topological polar surface area (TPSA) is 78.5 Å². The van der Waals surface area contributed by atoms with E-state index in [2.05, 4.69) is 33.0 Å². The number of carbonyl (C=O) groups excluding carboxylic acids is 1. The smallest absolute Gasteiger partial charge is 0.254 e. The van der Waals surface area contributed by atoms with Gasteiger partial charge in [0.25, 0.3) is 5.91 Å². The number of pyridine rings is 1. The molecule has 114 valence electrons. The predicted octanol–water partition coefficient (Wildman–Crippen LogP) is -0.139. The first kappa shape index (κ1) is 14.2. The average molecular weight is 291 g/mol. The molecule has 1 aromatic rings. The lowest BCUT2D eigenvalue weighted by atomic mass is 10.2. The molecule has 21 heavy (non-hydrogen) atoms. The van der Waals surface area contributed by atoms with E-state index in [1.807, 2.05) is 12.1 Å². The molecule has 2 aliphatic rings. The Kier molecular flexibility index (Phi) is 4.33. The number of rotatable bonds is 3. The van der Waals surface area contributed by atoms with Gasteiger partial charge in [-0.05, 0) is 25.5 Å². The Morgan fingerprint density at radius 3 is 2.81 bits per heavy atom. The SMILES string of the molecule is CC1CC(NC(=O)c2ccc(N3CCOCC3)nc2)NN1. The largest absolute Gasteiger partial charge is 0.378 e. The molecule has 7 nitrogen and oxygen atoms in total. The van der Waals surface area contributed by atoms with E-state index in [1.54, 1.807) is 6.20 Å². The van der Waals surface area contributed by atoms with Gasteiger partial charge < -0.3 is 15.0 Å². The molecule has 1 aromatic heterocycles. The number of nitrogens with zero attached hydrogens (tertiary/aromatic N) is 2. The molecule has 2 unspecified atom stereocenters. The van der Waals surface area contributed by atoms with E-state index in [-0.39, 0.29) is 12.1 Å². The highest BCUT2D eigenvalue weighted by molar-refractivity contribution is 5.94. The van der Waals surface area contributed by atoms with Crippen LogP contribution < -0.4 is 21.1 Å². The minimum atomic E-state index is -0.107. The summed E-state index contributed by atoms with van der Waals surface area (Å²) in [4.78, 5) is 18.7. The Morgan fingerprint density at radius 1 is 1.38 bits per heavy atom. The molecule has 2 atom stereocenters. The van der Waals surface area contributed by atoms with Crippen LogP contribution in [0.15, 0.2) is 18.3 Å². The van der Waals surface area contributed by atoms with Crippen LogP contribution in [0.4, 0.5) is 5.82 Å². The van der Waals surface area contributed by atoms with E-state index in [1.165, 1.54) is 0 Å². The van der Waals surface area contributed by atoms with Crippen molar-refractivity contribution in [1.82, 2.24) is 21.2 Å². The summed E-state index contributed by atoms with van der Waals surface area (Å²) in [6.45, 7) is 5.20. The second-order valence-corrected chi connectivity index (χ2v) is 5.46. The van der Waals surface area contributed by atoms with Crippen molar-refractivity contribution in [2.45, 2.75) is 25.6 Å². The summed E-state index contributed by atoms with van der Waals surface area (Å²) in [5.41, 5.74) is 6.70. The summed E-state index contributed by atoms with van der Waals surface area (Å²) in [5.74, 6) is 0.786. The van der Waals surface area contributed by atoms with E-state index in [9.17, 15) is 4.79 Å². The molecule has 7 heteroatoms. The van der Waals surface area contributed by atoms with Crippen LogP contribution >= 0.6 is 0 Å². The highest BCUT2D eigenvalue weighted by atomic mass is 16.5. The Morgan fingerprint density at radius 2 is 2.19 bits per heavy atom. The molecular formula is C14H21N5O2. The van der Waals surface area contributed by atoms with Gasteiger partial charge in [0.05, 0.1) is 24.9 Å². The predicted molar refractivity (Wildman–Crippen MR) is 78.9 cm³/mol. The van der Waals surface area contributed by atoms with Gasteiger partial charge in [0.1, 0.15) is 5.82 Å². The van der Waals surface area contributed by atoms with Crippen molar-refractivity contribution in [3.05, 3.63) is 23.9 Å². The number of nitrogens with one attached hydrogen (secondary N) is 3. The zero-order valence-electron chi connectivity index (χ0n) is 12.1. The van der Waals surface area contributed by atoms with Gasteiger partial charge in [-0.25, -0.2) is 10.4 Å². The second kappa shape index (κ2) is 6.38. The fraction of sp³-hybridized carbons (Fsp3) is 0.571. The number of hydrazine groups is 1. The van der Waals surface area contributed by atoms with E-state index >= 15 is 0 Å². The van der Waals surface area contributed by atoms with E-state index < -0.39 is 0 Å². The number of carbonyl (C=O) groups is 1. The maximum atomic E-state index is 12.1. The van der Waals surface area contributed by atoms with Gasteiger partial charge in [-0.1, -0.05) is 0 Å². The second-order valence-electron chi connectivity index (χ2n) is 5.46. The first-order valence-electron chi connectivity index (χ1n) is 7.33. The van der Waals surface area contributed by atoms with E-state index in [0.717, 1.165) is 38.5 Å². The summed E-state index contributed by atoms with van der Waals surface area (Å²) >= 11 is 0. The van der Waals surface area contributed by atoms with Gasteiger partial charge in [0.2, 0.25) is 0 Å². The van der Waals surface area contributed by atoms with Crippen molar-refractivity contribution in [2.75, 3.05) is 31.2 Å². The maximum Gasteiger partial charge on any atom is 0.254 e. The molecular weight excluding hydrogens is 270 g/mol. The van der Waals surface area contributed by atoms with E-state index in [4.69, 9.17) is 4.74 Å². The number of anilines is 1. The molecule has 0 aromatic carbocycles. The number of aromatic nitrogens is 1. The molecule has 3 heterocycles. The fourth-order valence-electron chi connectivity index (χ4n) is 2.55. The molecule has 2 aliphatic heterocycles. The zero-order valence-corrected chi connectivity index (χ0v) is 12.1. The summed E-state index contributed by atoms with van der Waals surface area (Å²) in [7, 11) is 0. The standard InChI is InChI=1S/C14H21N5O2/c1-10-8-12(18-17-10)16-14(20)11-2-3-13(15-9-11)19-4-6-21-7-5-19/h2-3,9-10,12,17-18H,4-8H2,1H3,(H,16,20). The van der Waals surface area contributed by atoms with Gasteiger partial charge in [-0.2, -0.15) is 0 Å². The van der Waals surface area contributed by atoms with Crippen molar-refractivity contribution in [2.24, 2.45) is 0 Å². The molecule has 0 radical (unpaired) electrons. The molecule has 1 amide bonds. The zero-order chi connectivity index (χ0) is 14.7. The molecule has 2 fully saturated rings. The van der Waals surface area contributed by atoms with Crippen LogP contribution in [-0.2, 0) is 4.74 Å². The third kappa shape index (κ3) is 3.49. The van der Waals surface area contributed by atoms with Crippen LogP contribution in [0.25, 0.3) is 0 Å². The van der Waals surface area contributed by atoms with Gasteiger partial charge >= 0.3 is 0 Å². The van der Waals surface area contributed by atoms with E-state index in [0.29, 0.717) is 11.6 Å². The Labute approximate surface area is 124 Å². The number of hydrogen-bond donors (Lipinski definition) is 3. The minimum Gasteiger partial charge on any atom is -0.378 e. The van der Waals surface area contributed by atoms with Crippen LogP contribution in [-0.4, -0.2) is 49.4 Å². The summed E-state index contributed by atoms with van der Waals surface area (Å²) in [6.07, 6.45) is 2.46. The molecule has 0 saturated carbocycles. The normalized spacial score (nSPS) is 25.9. The quantitative estimate of drug-likeness (QED) is 0.719. The number of hydrogen-bond acceptors (Lipinski definition) is 6. The van der Waals surface area contributed by atoms with Crippen molar-refractivity contribution < 1.29 is 9.53 Å². The fourth-order valence-corrected chi connectivity index (χ4v) is 2.55. The molecule has 2 saturated heterocycles. The number of morpholine rings is 1. The van der Waals surface area contributed by atoms with Gasteiger partial charge in [-0.15, -0.1) is 0 Å². The highest BCUT2D eigenvalue weighted by Gasteiger charge is 2.22. The maximum absolute atomic E-state index is 12.1. The molecule has 0 aliphatic carbocycles. The minimum absolute atomic E-state index is 0.0357. The molecule has 3 N–H and O–H groups in total. The molecule has 3 rings (SSSR count). The lowest BCUT2D eigenvalue weighted by Gasteiger charge is -2.27. The molecule has 0 spiro atoms. The number of amides is 1. The summed E-state index contributed by atoms with van der Waals surface area (Å²) < 4.78 is 5.32. The Bertz CT molecular complexity index is 487. The first-order chi connectivity index (χ1) is 10.2. The average Bonchev–Trinajstić information content (AvgIpc) is 2.93.